The number of hydrogen-bond acceptors (Lipinski definition) is 4. The number of benzene rings is 2. The first kappa shape index (κ1) is 17.5. The van der Waals surface area contributed by atoms with Crippen LogP contribution in [0.2, 0.25) is 0 Å². The summed E-state index contributed by atoms with van der Waals surface area (Å²) in [5, 5.41) is 7.07. The van der Waals surface area contributed by atoms with Gasteiger partial charge in [0, 0.05) is 25.5 Å². The fraction of sp³-hybridized carbons (Fsp3) is 0.263. The third kappa shape index (κ3) is 5.12. The average molecular weight is 324 g/mol. The van der Waals surface area contributed by atoms with Gasteiger partial charge >= 0.3 is 0 Å². The lowest BCUT2D eigenvalue weighted by molar-refractivity contribution is -0.119. The molecule has 0 atom stereocenters. The highest BCUT2D eigenvalue weighted by molar-refractivity contribution is 5.84. The first-order chi connectivity index (χ1) is 11.5. The molecule has 24 heavy (non-hydrogen) atoms. The number of nitrogens with one attached hydrogen (secondary N) is 2. The van der Waals surface area contributed by atoms with Gasteiger partial charge in [0.1, 0.15) is 0 Å². The molecule has 0 saturated heterocycles. The molecule has 1 amide bonds. The van der Waals surface area contributed by atoms with Gasteiger partial charge in [0.05, 0.1) is 12.8 Å². The average Bonchev–Trinajstić information content (AvgIpc) is 2.56. The Hall–Kier alpha value is -2.82. The zero-order valence-electron chi connectivity index (χ0n) is 14.6. The van der Waals surface area contributed by atoms with E-state index in [0.29, 0.717) is 0 Å². The van der Waals surface area contributed by atoms with E-state index in [1.54, 1.807) is 6.21 Å². The van der Waals surface area contributed by atoms with Gasteiger partial charge in [-0.1, -0.05) is 18.2 Å². The molecule has 5 heteroatoms. The van der Waals surface area contributed by atoms with Gasteiger partial charge in [0.25, 0.3) is 5.91 Å². The molecule has 0 aliphatic heterocycles. The van der Waals surface area contributed by atoms with Crippen molar-refractivity contribution in [3.8, 4) is 0 Å². The molecule has 0 spiro atoms. The van der Waals surface area contributed by atoms with Gasteiger partial charge in [0.15, 0.2) is 0 Å². The molecule has 2 rings (SSSR count). The zero-order chi connectivity index (χ0) is 17.5. The summed E-state index contributed by atoms with van der Waals surface area (Å²) in [5.74, 6) is -0.186. The van der Waals surface area contributed by atoms with Crippen LogP contribution in [0.1, 0.15) is 16.7 Å². The van der Waals surface area contributed by atoms with Crippen molar-refractivity contribution in [1.29, 1.82) is 0 Å². The summed E-state index contributed by atoms with van der Waals surface area (Å²) in [5.41, 5.74) is 7.93. The van der Waals surface area contributed by atoms with Gasteiger partial charge in [-0.2, -0.15) is 5.10 Å². The molecule has 0 saturated carbocycles. The Morgan fingerprint density at radius 3 is 2.42 bits per heavy atom. The van der Waals surface area contributed by atoms with Crippen molar-refractivity contribution in [2.24, 2.45) is 5.10 Å². The molecular weight excluding hydrogens is 300 g/mol. The number of hydrazone groups is 1. The lowest BCUT2D eigenvalue weighted by atomic mass is 10.1. The standard InChI is InChI=1S/C19H24N4O/c1-14-5-8-17(11-15(14)2)20-13-19(24)22-21-12-16-6-9-18(10-7-16)23(3)4/h5-12,20H,13H2,1-4H3,(H,22,24)/b21-12-. The summed E-state index contributed by atoms with van der Waals surface area (Å²) in [6, 6.07) is 13.9. The summed E-state index contributed by atoms with van der Waals surface area (Å²) >= 11 is 0. The van der Waals surface area contributed by atoms with E-state index < -0.39 is 0 Å². The van der Waals surface area contributed by atoms with Crippen molar-refractivity contribution >= 4 is 23.5 Å². The molecule has 2 aromatic rings. The summed E-state index contributed by atoms with van der Waals surface area (Å²) in [6.07, 6.45) is 1.63. The van der Waals surface area contributed by atoms with E-state index in [2.05, 4.69) is 22.8 Å². The number of hydrogen-bond donors (Lipinski definition) is 2. The Morgan fingerprint density at radius 2 is 1.79 bits per heavy atom. The number of amides is 1. The second-order valence-corrected chi connectivity index (χ2v) is 5.93. The van der Waals surface area contributed by atoms with Gasteiger partial charge in [-0.3, -0.25) is 4.79 Å². The molecule has 0 aliphatic rings. The zero-order valence-corrected chi connectivity index (χ0v) is 14.6. The number of aryl methyl sites for hydroxylation is 2. The van der Waals surface area contributed by atoms with Gasteiger partial charge in [-0.25, -0.2) is 5.43 Å². The molecule has 0 bridgehead atoms. The number of anilines is 2. The quantitative estimate of drug-likeness (QED) is 0.634. The fourth-order valence-corrected chi connectivity index (χ4v) is 2.11. The third-order valence-corrected chi connectivity index (χ3v) is 3.77. The predicted molar refractivity (Wildman–Crippen MR) is 101 cm³/mol. The van der Waals surface area contributed by atoms with Crippen LogP contribution in [0.3, 0.4) is 0 Å². The van der Waals surface area contributed by atoms with E-state index in [9.17, 15) is 4.79 Å². The highest BCUT2D eigenvalue weighted by Crippen LogP contribution is 2.13. The number of nitrogens with zero attached hydrogens (tertiary/aromatic N) is 2. The van der Waals surface area contributed by atoms with Gasteiger partial charge in [0.2, 0.25) is 0 Å². The molecule has 2 aromatic carbocycles. The SMILES string of the molecule is Cc1ccc(NCC(=O)N/N=C\c2ccc(N(C)C)cc2)cc1C. The predicted octanol–water partition coefficient (Wildman–Crippen LogP) is 2.93. The largest absolute Gasteiger partial charge is 0.378 e. The monoisotopic (exact) mass is 324 g/mol. The molecule has 0 unspecified atom stereocenters. The lowest BCUT2D eigenvalue weighted by Crippen LogP contribution is -2.25. The highest BCUT2D eigenvalue weighted by Gasteiger charge is 2.01. The molecule has 2 N–H and O–H groups in total. The van der Waals surface area contributed by atoms with Crippen molar-refractivity contribution in [3.05, 3.63) is 59.2 Å². The summed E-state index contributed by atoms with van der Waals surface area (Å²) in [4.78, 5) is 13.8. The Bertz CT molecular complexity index is 721. The molecule has 5 nitrogen and oxygen atoms in total. The van der Waals surface area contributed by atoms with Crippen LogP contribution >= 0.6 is 0 Å². The van der Waals surface area contributed by atoms with E-state index in [1.807, 2.05) is 68.4 Å². The van der Waals surface area contributed by atoms with E-state index in [4.69, 9.17) is 0 Å². The summed E-state index contributed by atoms with van der Waals surface area (Å²) in [7, 11) is 3.98. The van der Waals surface area contributed by atoms with E-state index >= 15 is 0 Å². The maximum atomic E-state index is 11.8. The van der Waals surface area contributed by atoms with Crippen LogP contribution in [0.15, 0.2) is 47.6 Å². The van der Waals surface area contributed by atoms with Crippen LogP contribution in [0.5, 0.6) is 0 Å². The van der Waals surface area contributed by atoms with Gasteiger partial charge in [-0.15, -0.1) is 0 Å². The van der Waals surface area contributed by atoms with Gasteiger partial charge in [-0.05, 0) is 54.8 Å². The van der Waals surface area contributed by atoms with Gasteiger partial charge < -0.3 is 10.2 Å². The van der Waals surface area contributed by atoms with Crippen LogP contribution in [0.25, 0.3) is 0 Å². The fourth-order valence-electron chi connectivity index (χ4n) is 2.11. The van der Waals surface area contributed by atoms with Crippen molar-refractivity contribution in [1.82, 2.24) is 5.43 Å². The van der Waals surface area contributed by atoms with Crippen LogP contribution in [-0.4, -0.2) is 32.8 Å². The number of rotatable bonds is 6. The summed E-state index contributed by atoms with van der Waals surface area (Å²) in [6.45, 7) is 4.29. The molecule has 126 valence electrons. The smallest absolute Gasteiger partial charge is 0.259 e. The third-order valence-electron chi connectivity index (χ3n) is 3.77. The highest BCUT2D eigenvalue weighted by atomic mass is 16.2. The second-order valence-electron chi connectivity index (χ2n) is 5.93. The molecule has 0 heterocycles. The Kier molecular flexibility index (Phi) is 5.95. The Morgan fingerprint density at radius 1 is 1.08 bits per heavy atom. The number of carbonyl (C=O) groups excluding carboxylic acids is 1. The molecule has 0 aliphatic carbocycles. The Balaban J connectivity index is 1.80. The Labute approximate surface area is 143 Å². The maximum absolute atomic E-state index is 11.8. The minimum atomic E-state index is -0.186. The van der Waals surface area contributed by atoms with Crippen LogP contribution in [-0.2, 0) is 4.79 Å². The van der Waals surface area contributed by atoms with Crippen LogP contribution < -0.4 is 15.6 Å². The van der Waals surface area contributed by atoms with E-state index in [-0.39, 0.29) is 12.5 Å². The minimum Gasteiger partial charge on any atom is -0.378 e. The topological polar surface area (TPSA) is 56.7 Å². The van der Waals surface area contributed by atoms with Crippen LogP contribution in [0.4, 0.5) is 11.4 Å². The molecule has 0 fully saturated rings. The number of carbonyl (C=O) groups is 1. The van der Waals surface area contributed by atoms with Crippen LogP contribution in [0, 0.1) is 13.8 Å². The van der Waals surface area contributed by atoms with Crippen molar-refractivity contribution < 1.29 is 4.79 Å². The first-order valence-corrected chi connectivity index (χ1v) is 7.86. The lowest BCUT2D eigenvalue weighted by Gasteiger charge is -2.11. The molecule has 0 radical (unpaired) electrons. The maximum Gasteiger partial charge on any atom is 0.259 e. The minimum absolute atomic E-state index is 0.180. The van der Waals surface area contributed by atoms with Crippen molar-refractivity contribution in [3.63, 3.8) is 0 Å². The van der Waals surface area contributed by atoms with Crippen molar-refractivity contribution in [2.45, 2.75) is 13.8 Å². The summed E-state index contributed by atoms with van der Waals surface area (Å²) < 4.78 is 0. The first-order valence-electron chi connectivity index (χ1n) is 7.86. The molecule has 0 aromatic heterocycles. The molecular formula is C19H24N4O. The van der Waals surface area contributed by atoms with Crippen molar-refractivity contribution in [2.75, 3.05) is 30.9 Å². The van der Waals surface area contributed by atoms with E-state index in [0.717, 1.165) is 16.9 Å². The van der Waals surface area contributed by atoms with E-state index in [1.165, 1.54) is 11.1 Å². The normalized spacial score (nSPS) is 10.7. The second kappa shape index (κ2) is 8.15.